The Bertz CT molecular complexity index is 309. The summed E-state index contributed by atoms with van der Waals surface area (Å²) in [5.41, 5.74) is 4.31. The second-order valence-corrected chi connectivity index (χ2v) is 3.94. The van der Waals surface area contributed by atoms with Crippen LogP contribution in [0.15, 0.2) is 10.9 Å². The number of thiazole rings is 1. The number of ether oxygens (including phenoxy) is 1. The van der Waals surface area contributed by atoms with Gasteiger partial charge in [0, 0.05) is 18.4 Å². The lowest BCUT2D eigenvalue weighted by Gasteiger charge is -2.21. The summed E-state index contributed by atoms with van der Waals surface area (Å²) in [4.78, 5) is 20.4. The molecular formula is C9H12N2O3S. The van der Waals surface area contributed by atoms with Crippen molar-refractivity contribution in [3.8, 4) is 0 Å². The highest BCUT2D eigenvalue weighted by Gasteiger charge is 2.16. The maximum Gasteiger partial charge on any atom is 0.294 e. The number of rotatable bonds is 3. The fraction of sp³-hybridized carbons (Fsp3) is 0.556. The summed E-state index contributed by atoms with van der Waals surface area (Å²) in [5.74, 6) is -0.328. The van der Waals surface area contributed by atoms with Crippen molar-refractivity contribution in [1.82, 2.24) is 10.5 Å². The maximum atomic E-state index is 11.4. The van der Waals surface area contributed by atoms with Crippen LogP contribution in [0.1, 0.15) is 29.8 Å². The highest BCUT2D eigenvalue weighted by atomic mass is 32.1. The lowest BCUT2D eigenvalue weighted by atomic mass is 10.2. The Labute approximate surface area is 91.4 Å². The highest BCUT2D eigenvalue weighted by Crippen LogP contribution is 2.12. The first-order chi connectivity index (χ1) is 7.36. The summed E-state index contributed by atoms with van der Waals surface area (Å²) in [6.45, 7) is 0.692. The fourth-order valence-corrected chi connectivity index (χ4v) is 1.83. The van der Waals surface area contributed by atoms with E-state index in [2.05, 4.69) is 10.5 Å². The first-order valence-corrected chi connectivity index (χ1v) is 5.76. The second kappa shape index (κ2) is 5.20. The first-order valence-electron chi connectivity index (χ1n) is 4.82. The molecule has 0 aliphatic carbocycles. The number of hydroxylamine groups is 1. The van der Waals surface area contributed by atoms with E-state index in [1.165, 1.54) is 11.3 Å². The van der Waals surface area contributed by atoms with Crippen LogP contribution in [-0.2, 0) is 9.57 Å². The average Bonchev–Trinajstić information content (AvgIpc) is 2.81. The lowest BCUT2D eigenvalue weighted by molar-refractivity contribution is -0.186. The van der Waals surface area contributed by atoms with Crippen LogP contribution in [0.4, 0.5) is 0 Å². The summed E-state index contributed by atoms with van der Waals surface area (Å²) in [6.07, 6.45) is 2.62. The maximum absolute atomic E-state index is 11.4. The number of hydrogen-bond acceptors (Lipinski definition) is 5. The van der Waals surface area contributed by atoms with Gasteiger partial charge in [0.1, 0.15) is 5.69 Å². The van der Waals surface area contributed by atoms with Crippen molar-refractivity contribution in [2.24, 2.45) is 0 Å². The van der Waals surface area contributed by atoms with Crippen LogP contribution in [0, 0.1) is 0 Å². The predicted molar refractivity (Wildman–Crippen MR) is 54.3 cm³/mol. The summed E-state index contributed by atoms with van der Waals surface area (Å²) in [5, 5.41) is 1.67. The molecule has 0 bridgehead atoms. The molecule has 15 heavy (non-hydrogen) atoms. The minimum absolute atomic E-state index is 0.318. The number of nitrogens with zero attached hydrogens (tertiary/aromatic N) is 1. The number of carbonyl (C=O) groups excluding carboxylic acids is 1. The zero-order valence-electron chi connectivity index (χ0n) is 8.14. The Balaban J connectivity index is 1.75. The van der Waals surface area contributed by atoms with Crippen LogP contribution in [0.5, 0.6) is 0 Å². The first kappa shape index (κ1) is 10.5. The van der Waals surface area contributed by atoms with Gasteiger partial charge in [0.15, 0.2) is 6.29 Å². The molecule has 2 heterocycles. The van der Waals surface area contributed by atoms with E-state index in [0.717, 1.165) is 19.3 Å². The van der Waals surface area contributed by atoms with Gasteiger partial charge in [0.2, 0.25) is 0 Å². The Kier molecular flexibility index (Phi) is 3.65. The highest BCUT2D eigenvalue weighted by molar-refractivity contribution is 7.07. The molecule has 1 aromatic heterocycles. The number of aromatic nitrogens is 1. The van der Waals surface area contributed by atoms with Crippen molar-refractivity contribution in [2.45, 2.75) is 25.6 Å². The van der Waals surface area contributed by atoms with Crippen LogP contribution in [0.25, 0.3) is 0 Å². The molecule has 5 nitrogen and oxygen atoms in total. The third kappa shape index (κ3) is 2.98. The van der Waals surface area contributed by atoms with Gasteiger partial charge in [-0.05, 0) is 12.8 Å². The van der Waals surface area contributed by atoms with Crippen molar-refractivity contribution >= 4 is 17.2 Å². The second-order valence-electron chi connectivity index (χ2n) is 3.22. The van der Waals surface area contributed by atoms with Gasteiger partial charge in [0.05, 0.1) is 5.51 Å². The molecular weight excluding hydrogens is 216 g/mol. The molecule has 1 saturated heterocycles. The van der Waals surface area contributed by atoms with Gasteiger partial charge in [-0.25, -0.2) is 15.3 Å². The molecule has 1 atom stereocenters. The predicted octanol–water partition coefficient (Wildman–Crippen LogP) is 1.33. The van der Waals surface area contributed by atoms with Gasteiger partial charge in [-0.2, -0.15) is 0 Å². The Morgan fingerprint density at radius 3 is 3.27 bits per heavy atom. The summed E-state index contributed by atoms with van der Waals surface area (Å²) in [6, 6.07) is 0. The number of carbonyl (C=O) groups is 1. The Hall–Kier alpha value is -0.980. The van der Waals surface area contributed by atoms with Gasteiger partial charge >= 0.3 is 0 Å². The SMILES string of the molecule is O=C(NO[C@@H]1CCCCO1)c1cscn1. The fourth-order valence-electron chi connectivity index (χ4n) is 1.30. The van der Waals surface area contributed by atoms with E-state index < -0.39 is 0 Å². The number of nitrogens with one attached hydrogen (secondary N) is 1. The van der Waals surface area contributed by atoms with Crippen LogP contribution in [0.3, 0.4) is 0 Å². The topological polar surface area (TPSA) is 60.5 Å². The molecule has 6 heteroatoms. The van der Waals surface area contributed by atoms with Gasteiger partial charge in [-0.3, -0.25) is 4.79 Å². The van der Waals surface area contributed by atoms with Gasteiger partial charge in [0.25, 0.3) is 5.91 Å². The van der Waals surface area contributed by atoms with Crippen molar-refractivity contribution in [3.05, 3.63) is 16.6 Å². The molecule has 0 unspecified atom stereocenters. The normalized spacial score (nSPS) is 21.2. The van der Waals surface area contributed by atoms with Gasteiger partial charge < -0.3 is 4.74 Å². The van der Waals surface area contributed by atoms with Crippen LogP contribution >= 0.6 is 11.3 Å². The van der Waals surface area contributed by atoms with Crippen molar-refractivity contribution in [3.63, 3.8) is 0 Å². The molecule has 1 aliphatic rings. The largest absolute Gasteiger partial charge is 0.350 e. The minimum Gasteiger partial charge on any atom is -0.350 e. The summed E-state index contributed by atoms with van der Waals surface area (Å²) < 4.78 is 5.29. The van der Waals surface area contributed by atoms with Crippen LogP contribution in [0.2, 0.25) is 0 Å². The van der Waals surface area contributed by atoms with Gasteiger partial charge in [-0.1, -0.05) is 0 Å². The molecule has 1 aromatic rings. The minimum atomic E-state index is -0.328. The van der Waals surface area contributed by atoms with E-state index >= 15 is 0 Å². The third-order valence-corrected chi connectivity index (χ3v) is 2.67. The van der Waals surface area contributed by atoms with Crippen LogP contribution < -0.4 is 5.48 Å². The smallest absolute Gasteiger partial charge is 0.294 e. The molecule has 1 N–H and O–H groups in total. The molecule has 2 rings (SSSR count). The van der Waals surface area contributed by atoms with Crippen molar-refractivity contribution in [1.29, 1.82) is 0 Å². The lowest BCUT2D eigenvalue weighted by Crippen LogP contribution is -2.33. The quantitative estimate of drug-likeness (QED) is 0.793. The average molecular weight is 228 g/mol. The van der Waals surface area contributed by atoms with E-state index in [0.29, 0.717) is 12.3 Å². The van der Waals surface area contributed by atoms with E-state index in [-0.39, 0.29) is 12.2 Å². The molecule has 1 aliphatic heterocycles. The standard InChI is InChI=1S/C9H12N2O3S/c12-9(7-5-15-6-10-7)11-14-8-3-1-2-4-13-8/h5-6,8H,1-4H2,(H,11,12)/t8-/m1/s1. The van der Waals surface area contributed by atoms with E-state index in [9.17, 15) is 4.79 Å². The zero-order chi connectivity index (χ0) is 10.5. The zero-order valence-corrected chi connectivity index (χ0v) is 8.96. The molecule has 0 saturated carbocycles. The molecule has 0 radical (unpaired) electrons. The van der Waals surface area contributed by atoms with Crippen molar-refractivity contribution < 1.29 is 14.4 Å². The van der Waals surface area contributed by atoms with E-state index in [4.69, 9.17) is 9.57 Å². The molecule has 1 fully saturated rings. The van der Waals surface area contributed by atoms with E-state index in [1.54, 1.807) is 10.9 Å². The number of amides is 1. The summed E-state index contributed by atoms with van der Waals surface area (Å²) in [7, 11) is 0. The van der Waals surface area contributed by atoms with Crippen molar-refractivity contribution in [2.75, 3.05) is 6.61 Å². The monoisotopic (exact) mass is 228 g/mol. The molecule has 82 valence electrons. The summed E-state index contributed by atoms with van der Waals surface area (Å²) >= 11 is 1.37. The van der Waals surface area contributed by atoms with Crippen LogP contribution in [-0.4, -0.2) is 23.8 Å². The molecule has 1 amide bonds. The Morgan fingerprint density at radius 1 is 1.67 bits per heavy atom. The molecule has 0 aromatic carbocycles. The van der Waals surface area contributed by atoms with E-state index in [1.807, 2.05) is 0 Å². The van der Waals surface area contributed by atoms with Gasteiger partial charge in [-0.15, -0.1) is 11.3 Å². The number of hydrogen-bond donors (Lipinski definition) is 1. The third-order valence-electron chi connectivity index (χ3n) is 2.09. The Morgan fingerprint density at radius 2 is 2.60 bits per heavy atom. The molecule has 0 spiro atoms.